The predicted octanol–water partition coefficient (Wildman–Crippen LogP) is 2.62. The van der Waals surface area contributed by atoms with E-state index in [0.717, 1.165) is 11.5 Å². The van der Waals surface area contributed by atoms with Crippen LogP contribution < -0.4 is 0 Å². The van der Waals surface area contributed by atoms with Crippen molar-refractivity contribution >= 4 is 0 Å². The van der Waals surface area contributed by atoms with Gasteiger partial charge < -0.3 is 0 Å². The van der Waals surface area contributed by atoms with E-state index in [1.807, 2.05) is 18.2 Å². The first-order valence-corrected chi connectivity index (χ1v) is 4.11. The summed E-state index contributed by atoms with van der Waals surface area (Å²) in [5.41, 5.74) is 0.743. The standard InChI is InChI=1S/C10H12NO2/c1-8(2)10(11(12)13)9-6-4-3-5-7-9/h3-7,10H,1-2H3. The molecular weight excluding hydrogens is 166 g/mol. The highest BCUT2D eigenvalue weighted by Crippen LogP contribution is 2.25. The van der Waals surface area contributed by atoms with E-state index in [-0.39, 0.29) is 4.92 Å². The lowest BCUT2D eigenvalue weighted by Gasteiger charge is -2.11. The molecule has 1 rings (SSSR count). The van der Waals surface area contributed by atoms with Crippen LogP contribution in [-0.2, 0) is 0 Å². The van der Waals surface area contributed by atoms with E-state index < -0.39 is 6.04 Å². The monoisotopic (exact) mass is 178 g/mol. The Kier molecular flexibility index (Phi) is 3.01. The molecule has 0 aliphatic carbocycles. The molecule has 0 aliphatic heterocycles. The van der Waals surface area contributed by atoms with E-state index >= 15 is 0 Å². The smallest absolute Gasteiger partial charge is 0.243 e. The molecule has 3 nitrogen and oxygen atoms in total. The molecule has 0 N–H and O–H groups in total. The molecule has 0 fully saturated rings. The first kappa shape index (κ1) is 9.71. The molecule has 69 valence electrons. The highest BCUT2D eigenvalue weighted by atomic mass is 16.6. The molecule has 0 bridgehead atoms. The molecule has 0 aliphatic rings. The van der Waals surface area contributed by atoms with Crippen LogP contribution in [0.3, 0.4) is 0 Å². The maximum atomic E-state index is 10.7. The minimum Gasteiger partial charge on any atom is -0.264 e. The van der Waals surface area contributed by atoms with Gasteiger partial charge in [0.15, 0.2) is 0 Å². The molecule has 0 heterocycles. The van der Waals surface area contributed by atoms with Gasteiger partial charge >= 0.3 is 0 Å². The average Bonchev–Trinajstić information content (AvgIpc) is 2.04. The van der Waals surface area contributed by atoms with Crippen molar-refractivity contribution in [2.75, 3.05) is 0 Å². The van der Waals surface area contributed by atoms with Crippen molar-refractivity contribution in [1.82, 2.24) is 0 Å². The maximum Gasteiger partial charge on any atom is 0.243 e. The molecule has 0 spiro atoms. The van der Waals surface area contributed by atoms with Gasteiger partial charge in [0, 0.05) is 16.4 Å². The van der Waals surface area contributed by atoms with E-state index in [1.165, 1.54) is 0 Å². The normalized spacial score (nSPS) is 12.8. The maximum absolute atomic E-state index is 10.7. The molecule has 1 radical (unpaired) electrons. The summed E-state index contributed by atoms with van der Waals surface area (Å²) in [5, 5.41) is 10.7. The van der Waals surface area contributed by atoms with Gasteiger partial charge in [-0.25, -0.2) is 0 Å². The molecule has 1 atom stereocenters. The molecule has 0 saturated carbocycles. The first-order chi connectivity index (χ1) is 6.13. The number of benzene rings is 1. The van der Waals surface area contributed by atoms with E-state index in [4.69, 9.17) is 0 Å². The highest BCUT2D eigenvalue weighted by molar-refractivity contribution is 5.21. The first-order valence-electron chi connectivity index (χ1n) is 4.11. The van der Waals surface area contributed by atoms with Crippen LogP contribution in [0.15, 0.2) is 30.3 Å². The largest absolute Gasteiger partial charge is 0.264 e. The Bertz CT molecular complexity index is 282. The molecule has 1 aromatic carbocycles. The van der Waals surface area contributed by atoms with Crippen LogP contribution in [0.5, 0.6) is 0 Å². The van der Waals surface area contributed by atoms with E-state index in [2.05, 4.69) is 0 Å². The third-order valence-corrected chi connectivity index (χ3v) is 1.87. The third kappa shape index (κ3) is 2.28. The number of nitrogens with zero attached hydrogens (tertiary/aromatic N) is 1. The highest BCUT2D eigenvalue weighted by Gasteiger charge is 2.26. The molecule has 0 aromatic heterocycles. The summed E-state index contributed by atoms with van der Waals surface area (Å²) in [6.07, 6.45) is 0. The third-order valence-electron chi connectivity index (χ3n) is 1.87. The van der Waals surface area contributed by atoms with Gasteiger partial charge in [-0.05, 0) is 0 Å². The topological polar surface area (TPSA) is 43.1 Å². The summed E-state index contributed by atoms with van der Waals surface area (Å²) in [4.78, 5) is 10.5. The minimum atomic E-state index is -0.666. The van der Waals surface area contributed by atoms with Crippen molar-refractivity contribution in [2.24, 2.45) is 0 Å². The van der Waals surface area contributed by atoms with Crippen LogP contribution in [0.2, 0.25) is 0 Å². The second-order valence-electron chi connectivity index (χ2n) is 3.18. The lowest BCUT2D eigenvalue weighted by Crippen LogP contribution is -2.14. The molecule has 1 aromatic rings. The molecule has 0 amide bonds. The molecule has 0 saturated heterocycles. The quantitative estimate of drug-likeness (QED) is 0.527. The number of hydrogen-bond donors (Lipinski definition) is 0. The summed E-state index contributed by atoms with van der Waals surface area (Å²) in [7, 11) is 0. The second kappa shape index (κ2) is 4.03. The Morgan fingerprint density at radius 1 is 1.31 bits per heavy atom. The number of rotatable bonds is 3. The van der Waals surface area contributed by atoms with Crippen LogP contribution in [0.25, 0.3) is 0 Å². The van der Waals surface area contributed by atoms with Gasteiger partial charge in [0.25, 0.3) is 0 Å². The summed E-state index contributed by atoms with van der Waals surface area (Å²) < 4.78 is 0. The Morgan fingerprint density at radius 3 is 2.23 bits per heavy atom. The molecular formula is C10H12NO2. The van der Waals surface area contributed by atoms with Crippen molar-refractivity contribution in [3.8, 4) is 0 Å². The van der Waals surface area contributed by atoms with E-state index in [0.29, 0.717) is 0 Å². The SMILES string of the molecule is C[C](C)C(c1ccccc1)[N+](=O)[O-]. The van der Waals surface area contributed by atoms with Crippen molar-refractivity contribution in [2.45, 2.75) is 19.9 Å². The zero-order valence-electron chi connectivity index (χ0n) is 7.73. The summed E-state index contributed by atoms with van der Waals surface area (Å²) >= 11 is 0. The van der Waals surface area contributed by atoms with Crippen LogP contribution in [0, 0.1) is 16.0 Å². The zero-order chi connectivity index (χ0) is 9.84. The molecule has 1 unspecified atom stereocenters. The fourth-order valence-corrected chi connectivity index (χ4v) is 1.30. The minimum absolute atomic E-state index is 0.259. The van der Waals surface area contributed by atoms with E-state index in [1.54, 1.807) is 26.0 Å². The van der Waals surface area contributed by atoms with Crippen LogP contribution in [-0.4, -0.2) is 4.92 Å². The fourth-order valence-electron chi connectivity index (χ4n) is 1.30. The van der Waals surface area contributed by atoms with Crippen molar-refractivity contribution in [3.05, 3.63) is 51.9 Å². The van der Waals surface area contributed by atoms with E-state index in [9.17, 15) is 10.1 Å². The van der Waals surface area contributed by atoms with Crippen molar-refractivity contribution < 1.29 is 4.92 Å². The molecule has 3 heteroatoms. The zero-order valence-corrected chi connectivity index (χ0v) is 7.73. The predicted molar refractivity (Wildman–Crippen MR) is 50.8 cm³/mol. The van der Waals surface area contributed by atoms with Gasteiger partial charge in [0.1, 0.15) is 0 Å². The fraction of sp³-hybridized carbons (Fsp3) is 0.300. The van der Waals surface area contributed by atoms with Crippen LogP contribution in [0.1, 0.15) is 25.5 Å². The average molecular weight is 178 g/mol. The summed E-state index contributed by atoms with van der Waals surface area (Å²) in [5.74, 6) is 0.802. The van der Waals surface area contributed by atoms with Gasteiger partial charge in [-0.2, -0.15) is 0 Å². The van der Waals surface area contributed by atoms with Crippen molar-refractivity contribution in [3.63, 3.8) is 0 Å². The number of hydrogen-bond acceptors (Lipinski definition) is 2. The molecule has 13 heavy (non-hydrogen) atoms. The Morgan fingerprint density at radius 2 is 1.85 bits per heavy atom. The van der Waals surface area contributed by atoms with Gasteiger partial charge in [-0.1, -0.05) is 44.2 Å². The second-order valence-corrected chi connectivity index (χ2v) is 3.18. The Hall–Kier alpha value is -1.38. The Balaban J connectivity index is 2.96. The lowest BCUT2D eigenvalue weighted by molar-refractivity contribution is -0.523. The lowest BCUT2D eigenvalue weighted by atomic mass is 9.97. The number of nitro groups is 1. The van der Waals surface area contributed by atoms with Gasteiger partial charge in [-0.3, -0.25) is 10.1 Å². The summed E-state index contributed by atoms with van der Waals surface area (Å²) in [6.45, 7) is 3.56. The van der Waals surface area contributed by atoms with Gasteiger partial charge in [0.2, 0.25) is 6.04 Å². The van der Waals surface area contributed by atoms with Gasteiger partial charge in [0.05, 0.1) is 0 Å². The van der Waals surface area contributed by atoms with Gasteiger partial charge in [-0.15, -0.1) is 0 Å². The Labute approximate surface area is 77.5 Å². The van der Waals surface area contributed by atoms with Crippen LogP contribution >= 0.6 is 0 Å². The van der Waals surface area contributed by atoms with Crippen molar-refractivity contribution in [1.29, 1.82) is 0 Å². The summed E-state index contributed by atoms with van der Waals surface area (Å²) in [6, 6.07) is 8.37. The van der Waals surface area contributed by atoms with Crippen LogP contribution in [0.4, 0.5) is 0 Å².